The van der Waals surface area contributed by atoms with Crippen LogP contribution < -0.4 is 5.73 Å². The third-order valence-corrected chi connectivity index (χ3v) is 10.2. The van der Waals surface area contributed by atoms with E-state index in [-0.39, 0.29) is 19.4 Å². The van der Waals surface area contributed by atoms with Crippen LogP contribution in [0.15, 0.2) is 60.8 Å². The molecule has 0 aromatic heterocycles. The van der Waals surface area contributed by atoms with Gasteiger partial charge in [0.25, 0.3) is 0 Å². The quantitative estimate of drug-likeness (QED) is 0.0231. The molecule has 0 spiro atoms. The average Bonchev–Trinajstić information content (AvgIpc) is 3.20. The smallest absolute Gasteiger partial charge is 0.472 e. The van der Waals surface area contributed by atoms with Gasteiger partial charge in [0.05, 0.1) is 13.2 Å². The first-order valence-corrected chi connectivity index (χ1v) is 23.8. The number of allylic oxidation sites excluding steroid dienone is 10. The molecule has 0 saturated heterocycles. The van der Waals surface area contributed by atoms with Crippen molar-refractivity contribution in [3.8, 4) is 0 Å². The van der Waals surface area contributed by atoms with Crippen molar-refractivity contribution < 1.29 is 47.5 Å². The van der Waals surface area contributed by atoms with Crippen molar-refractivity contribution >= 4 is 25.7 Å². The summed E-state index contributed by atoms with van der Waals surface area (Å²) in [6, 6.07) is -1.53. The summed E-state index contributed by atoms with van der Waals surface area (Å²) in [7, 11) is -4.73. The molecule has 0 aliphatic heterocycles. The number of carboxylic acid groups (broad SMARTS) is 1. The number of ether oxygens (including phenoxy) is 2. The van der Waals surface area contributed by atoms with Crippen molar-refractivity contribution in [3.05, 3.63) is 60.8 Å². The van der Waals surface area contributed by atoms with Crippen LogP contribution in [0, 0.1) is 0 Å². The molecular weight excluding hydrogens is 757 g/mol. The summed E-state index contributed by atoms with van der Waals surface area (Å²) < 4.78 is 32.7. The predicted octanol–water partition coefficient (Wildman–Crippen LogP) is 12.0. The van der Waals surface area contributed by atoms with Crippen LogP contribution in [0.1, 0.15) is 181 Å². The van der Waals surface area contributed by atoms with Crippen LogP contribution in [0.5, 0.6) is 0 Å². The molecule has 0 rings (SSSR count). The van der Waals surface area contributed by atoms with E-state index < -0.39 is 51.1 Å². The van der Waals surface area contributed by atoms with Crippen molar-refractivity contribution in [2.75, 3.05) is 19.8 Å². The Hall–Kier alpha value is -2.82. The Morgan fingerprint density at radius 2 is 0.914 bits per heavy atom. The third kappa shape index (κ3) is 40.0. The molecule has 0 saturated carbocycles. The third-order valence-electron chi connectivity index (χ3n) is 9.24. The fourth-order valence-electron chi connectivity index (χ4n) is 5.69. The number of hydrogen-bond acceptors (Lipinski definition) is 9. The second kappa shape index (κ2) is 40.9. The van der Waals surface area contributed by atoms with Crippen LogP contribution in [0.3, 0.4) is 0 Å². The van der Waals surface area contributed by atoms with Crippen molar-refractivity contribution in [1.29, 1.82) is 0 Å². The van der Waals surface area contributed by atoms with Crippen LogP contribution >= 0.6 is 7.82 Å². The number of hydrogen-bond donors (Lipinski definition) is 3. The van der Waals surface area contributed by atoms with Crippen molar-refractivity contribution in [2.45, 2.75) is 193 Å². The van der Waals surface area contributed by atoms with Gasteiger partial charge in [-0.25, -0.2) is 4.57 Å². The van der Waals surface area contributed by atoms with Gasteiger partial charge in [-0.3, -0.25) is 23.4 Å². The average molecular weight is 838 g/mol. The minimum absolute atomic E-state index is 0.145. The molecule has 0 aliphatic carbocycles. The molecule has 334 valence electrons. The van der Waals surface area contributed by atoms with Crippen molar-refractivity contribution in [1.82, 2.24) is 0 Å². The SMILES string of the molecule is CCCCC/C=C\C/C=C\C/C=C\CCCCCCC(=O)OC[C@H](COP(=O)(O)OC[C@H](N)C(=O)O)OC(=O)CCCCCCCCC/C=C\C/C=C\CCCCC. The maximum Gasteiger partial charge on any atom is 0.472 e. The van der Waals surface area contributed by atoms with E-state index in [1.165, 1.54) is 57.8 Å². The Kier molecular flexibility index (Phi) is 38.9. The second-order valence-corrected chi connectivity index (χ2v) is 16.3. The summed E-state index contributed by atoms with van der Waals surface area (Å²) in [5.74, 6) is -2.42. The van der Waals surface area contributed by atoms with Gasteiger partial charge in [0, 0.05) is 12.8 Å². The van der Waals surface area contributed by atoms with Gasteiger partial charge in [0.2, 0.25) is 0 Å². The number of rotatable bonds is 41. The van der Waals surface area contributed by atoms with Gasteiger partial charge in [-0.1, -0.05) is 145 Å². The number of nitrogens with two attached hydrogens (primary N) is 1. The van der Waals surface area contributed by atoms with E-state index in [1.54, 1.807) is 0 Å². The monoisotopic (exact) mass is 838 g/mol. The topological polar surface area (TPSA) is 172 Å². The molecule has 11 nitrogen and oxygen atoms in total. The van der Waals surface area contributed by atoms with E-state index >= 15 is 0 Å². The van der Waals surface area contributed by atoms with Gasteiger partial charge < -0.3 is 25.2 Å². The summed E-state index contributed by atoms with van der Waals surface area (Å²) in [5, 5.41) is 8.89. The first-order chi connectivity index (χ1) is 28.1. The largest absolute Gasteiger partial charge is 0.480 e. The molecule has 0 amide bonds. The lowest BCUT2D eigenvalue weighted by Gasteiger charge is -2.20. The van der Waals surface area contributed by atoms with Gasteiger partial charge in [0.1, 0.15) is 12.6 Å². The minimum Gasteiger partial charge on any atom is -0.480 e. The molecular formula is C46H80NO10P. The van der Waals surface area contributed by atoms with Crippen LogP contribution in [-0.2, 0) is 37.5 Å². The first-order valence-electron chi connectivity index (χ1n) is 22.3. The van der Waals surface area contributed by atoms with Crippen molar-refractivity contribution in [2.24, 2.45) is 5.73 Å². The Labute approximate surface area is 351 Å². The van der Waals surface area contributed by atoms with Gasteiger partial charge in [0.15, 0.2) is 6.10 Å². The van der Waals surface area contributed by atoms with E-state index in [0.29, 0.717) is 12.8 Å². The Morgan fingerprint density at radius 1 is 0.534 bits per heavy atom. The molecule has 0 aliphatic rings. The number of carbonyl (C=O) groups is 3. The van der Waals surface area contributed by atoms with Crippen LogP contribution in [0.2, 0.25) is 0 Å². The first kappa shape index (κ1) is 55.2. The summed E-state index contributed by atoms with van der Waals surface area (Å²) in [6.45, 7) is 2.71. The highest BCUT2D eigenvalue weighted by molar-refractivity contribution is 7.47. The minimum atomic E-state index is -4.73. The molecule has 4 N–H and O–H groups in total. The van der Waals surface area contributed by atoms with Crippen LogP contribution in [0.4, 0.5) is 0 Å². The summed E-state index contributed by atoms with van der Waals surface area (Å²) in [4.78, 5) is 46.0. The number of carbonyl (C=O) groups excluding carboxylic acids is 2. The molecule has 0 fully saturated rings. The molecule has 0 aromatic carbocycles. The highest BCUT2D eigenvalue weighted by Gasteiger charge is 2.28. The zero-order valence-corrected chi connectivity index (χ0v) is 37.0. The van der Waals surface area contributed by atoms with E-state index in [1.807, 2.05) is 0 Å². The lowest BCUT2D eigenvalue weighted by atomic mass is 10.1. The zero-order chi connectivity index (χ0) is 42.8. The standard InChI is InChI=1S/C46H80NO10P/c1-3-5-7-9-11-13-15-17-19-21-23-25-27-29-31-33-35-37-44(48)54-39-42(40-55-58(52,53)56-41-43(47)46(50)51)57-45(49)38-36-34-32-30-28-26-24-22-20-18-16-14-12-10-8-6-4-2/h11-14,17-20,23,25,42-43H,3-10,15-16,21-22,24,26-41,47H2,1-2H3,(H,50,51)(H,52,53)/b13-11-,14-12-,19-17-,20-18-,25-23-/t42-,43+/m1/s1. The number of carboxylic acids is 1. The van der Waals surface area contributed by atoms with Gasteiger partial charge >= 0.3 is 25.7 Å². The highest BCUT2D eigenvalue weighted by atomic mass is 31.2. The van der Waals surface area contributed by atoms with Gasteiger partial charge in [-0.2, -0.15) is 0 Å². The zero-order valence-electron chi connectivity index (χ0n) is 36.1. The van der Waals surface area contributed by atoms with E-state index in [9.17, 15) is 23.8 Å². The second-order valence-electron chi connectivity index (χ2n) is 14.8. The van der Waals surface area contributed by atoms with Gasteiger partial charge in [-0.05, 0) is 83.5 Å². The fraction of sp³-hybridized carbons (Fsp3) is 0.717. The number of aliphatic carboxylic acids is 1. The lowest BCUT2D eigenvalue weighted by Crippen LogP contribution is -2.34. The van der Waals surface area contributed by atoms with Crippen molar-refractivity contribution in [3.63, 3.8) is 0 Å². The van der Waals surface area contributed by atoms with Crippen LogP contribution in [0.25, 0.3) is 0 Å². The lowest BCUT2D eigenvalue weighted by molar-refractivity contribution is -0.161. The normalized spacial score (nSPS) is 14.3. The number of unbranched alkanes of at least 4 members (excludes halogenated alkanes) is 17. The molecule has 1 unspecified atom stereocenters. The summed E-state index contributed by atoms with van der Waals surface area (Å²) in [5.41, 5.74) is 5.33. The Balaban J connectivity index is 4.41. The van der Waals surface area contributed by atoms with E-state index in [0.717, 1.165) is 83.5 Å². The fourth-order valence-corrected chi connectivity index (χ4v) is 6.47. The molecule has 58 heavy (non-hydrogen) atoms. The molecule has 0 radical (unpaired) electrons. The number of phosphoric acid groups is 1. The summed E-state index contributed by atoms with van der Waals surface area (Å²) >= 11 is 0. The van der Waals surface area contributed by atoms with Gasteiger partial charge in [-0.15, -0.1) is 0 Å². The highest BCUT2D eigenvalue weighted by Crippen LogP contribution is 2.43. The Bertz CT molecular complexity index is 1210. The molecule has 12 heteroatoms. The maximum atomic E-state index is 12.6. The Morgan fingerprint density at radius 3 is 1.36 bits per heavy atom. The molecule has 3 atom stereocenters. The molecule has 0 bridgehead atoms. The molecule has 0 heterocycles. The molecule has 0 aromatic rings. The predicted molar refractivity (Wildman–Crippen MR) is 235 cm³/mol. The van der Waals surface area contributed by atoms with E-state index in [2.05, 4.69) is 79.1 Å². The van der Waals surface area contributed by atoms with E-state index in [4.69, 9.17) is 24.8 Å². The number of phosphoric ester groups is 1. The number of esters is 2. The summed E-state index contributed by atoms with van der Waals surface area (Å²) in [6.07, 6.45) is 47.0. The maximum absolute atomic E-state index is 12.6. The van der Waals surface area contributed by atoms with Crippen LogP contribution in [-0.4, -0.2) is 59.9 Å².